The van der Waals surface area contributed by atoms with Crippen LogP contribution in [0.5, 0.6) is 5.75 Å². The number of ether oxygens (including phenoxy) is 1. The lowest BCUT2D eigenvalue weighted by molar-refractivity contribution is -0.117. The van der Waals surface area contributed by atoms with Crippen LogP contribution in [-0.2, 0) is 11.3 Å². The number of hydrogen-bond donors (Lipinski definition) is 2. The van der Waals surface area contributed by atoms with Gasteiger partial charge >= 0.3 is 0 Å². The average Bonchev–Trinajstić information content (AvgIpc) is 3.13. The summed E-state index contributed by atoms with van der Waals surface area (Å²) in [6, 6.07) is 16.1. The summed E-state index contributed by atoms with van der Waals surface area (Å²) >= 11 is 1.68. The Morgan fingerprint density at radius 2 is 1.77 bits per heavy atom. The highest BCUT2D eigenvalue weighted by Gasteiger charge is 2.15. The summed E-state index contributed by atoms with van der Waals surface area (Å²) in [5.74, 6) is 0.248. The first-order valence-corrected chi connectivity index (χ1v) is 10.4. The molecule has 0 radical (unpaired) electrons. The van der Waals surface area contributed by atoms with E-state index in [-0.39, 0.29) is 18.4 Å². The molecule has 1 aromatic heterocycles. The van der Waals surface area contributed by atoms with Gasteiger partial charge in [-0.05, 0) is 67.4 Å². The summed E-state index contributed by atoms with van der Waals surface area (Å²) in [7, 11) is 3.49. The normalized spacial score (nSPS) is 10.7. The standard InChI is InChI=1S/C23H25N3O3S/c1-16-12-13-30-21(16)14-26(2)15-22(27)25-20-7-5-4-6-19(20)23(28)24-17-8-10-18(29-3)11-9-17/h4-13H,14-15H2,1-3H3,(H,24,28)(H,25,27). The third-order valence-corrected chi connectivity index (χ3v) is 5.60. The first-order valence-electron chi connectivity index (χ1n) is 9.52. The van der Waals surface area contributed by atoms with Gasteiger partial charge in [-0.25, -0.2) is 0 Å². The Bertz CT molecular complexity index is 1010. The van der Waals surface area contributed by atoms with Gasteiger partial charge in [0.2, 0.25) is 5.91 Å². The van der Waals surface area contributed by atoms with E-state index in [0.717, 1.165) is 0 Å². The molecule has 6 nitrogen and oxygen atoms in total. The van der Waals surface area contributed by atoms with E-state index in [1.54, 1.807) is 67.0 Å². The number of hydrogen-bond acceptors (Lipinski definition) is 5. The lowest BCUT2D eigenvalue weighted by Crippen LogP contribution is -2.30. The van der Waals surface area contributed by atoms with Crippen LogP contribution in [0.1, 0.15) is 20.8 Å². The molecule has 30 heavy (non-hydrogen) atoms. The lowest BCUT2D eigenvalue weighted by atomic mass is 10.1. The number of nitrogens with one attached hydrogen (secondary N) is 2. The maximum Gasteiger partial charge on any atom is 0.257 e. The van der Waals surface area contributed by atoms with Crippen LogP contribution < -0.4 is 15.4 Å². The minimum Gasteiger partial charge on any atom is -0.497 e. The highest BCUT2D eigenvalue weighted by molar-refractivity contribution is 7.10. The molecular formula is C23H25N3O3S. The van der Waals surface area contributed by atoms with Gasteiger partial charge in [-0.2, -0.15) is 0 Å². The van der Waals surface area contributed by atoms with Crippen LogP contribution in [0.3, 0.4) is 0 Å². The summed E-state index contributed by atoms with van der Waals surface area (Å²) in [4.78, 5) is 28.5. The molecule has 2 amide bonds. The second kappa shape index (κ2) is 10.0. The van der Waals surface area contributed by atoms with E-state index in [4.69, 9.17) is 4.74 Å². The monoisotopic (exact) mass is 423 g/mol. The summed E-state index contributed by atoms with van der Waals surface area (Å²) < 4.78 is 5.13. The third-order valence-electron chi connectivity index (χ3n) is 4.59. The van der Waals surface area contributed by atoms with Gasteiger partial charge in [-0.15, -0.1) is 11.3 Å². The van der Waals surface area contributed by atoms with Gasteiger partial charge < -0.3 is 15.4 Å². The maximum atomic E-state index is 12.7. The van der Waals surface area contributed by atoms with E-state index < -0.39 is 0 Å². The molecule has 0 aliphatic carbocycles. The van der Waals surface area contributed by atoms with E-state index in [1.165, 1.54) is 10.4 Å². The number of benzene rings is 2. The Balaban J connectivity index is 1.63. The summed E-state index contributed by atoms with van der Waals surface area (Å²) in [6.45, 7) is 3.00. The zero-order valence-electron chi connectivity index (χ0n) is 17.3. The molecule has 0 aliphatic heterocycles. The van der Waals surface area contributed by atoms with Crippen molar-refractivity contribution in [3.63, 3.8) is 0 Å². The molecule has 2 aromatic carbocycles. The fourth-order valence-electron chi connectivity index (χ4n) is 2.96. The number of carbonyl (C=O) groups excluding carboxylic acids is 2. The van der Waals surface area contributed by atoms with Gasteiger partial charge in [0, 0.05) is 17.1 Å². The molecule has 0 aliphatic rings. The van der Waals surface area contributed by atoms with Crippen molar-refractivity contribution in [1.29, 1.82) is 0 Å². The SMILES string of the molecule is COc1ccc(NC(=O)c2ccccc2NC(=O)CN(C)Cc2sccc2C)cc1. The summed E-state index contributed by atoms with van der Waals surface area (Å²) in [5.41, 5.74) is 2.76. The first kappa shape index (κ1) is 21.5. The minimum atomic E-state index is -0.293. The number of likely N-dealkylation sites (N-methyl/N-ethyl adjacent to an activating group) is 1. The fraction of sp³-hybridized carbons (Fsp3) is 0.217. The molecule has 0 unspecified atom stereocenters. The highest BCUT2D eigenvalue weighted by atomic mass is 32.1. The van der Waals surface area contributed by atoms with Crippen molar-refractivity contribution in [3.8, 4) is 5.75 Å². The minimum absolute atomic E-state index is 0.170. The molecule has 156 valence electrons. The number of amides is 2. The van der Waals surface area contributed by atoms with Crippen LogP contribution in [0.15, 0.2) is 60.0 Å². The molecule has 7 heteroatoms. The van der Waals surface area contributed by atoms with Crippen molar-refractivity contribution < 1.29 is 14.3 Å². The maximum absolute atomic E-state index is 12.7. The number of aryl methyl sites for hydroxylation is 1. The third kappa shape index (κ3) is 5.68. The summed E-state index contributed by atoms with van der Waals surface area (Å²) in [5, 5.41) is 7.76. The van der Waals surface area contributed by atoms with Gasteiger partial charge in [0.1, 0.15) is 5.75 Å². The van der Waals surface area contributed by atoms with E-state index in [2.05, 4.69) is 29.0 Å². The van der Waals surface area contributed by atoms with Gasteiger partial charge in [-0.1, -0.05) is 12.1 Å². The van der Waals surface area contributed by atoms with Crippen molar-refractivity contribution in [2.45, 2.75) is 13.5 Å². The van der Waals surface area contributed by atoms with E-state index >= 15 is 0 Å². The number of rotatable bonds is 8. The number of carbonyl (C=O) groups is 2. The highest BCUT2D eigenvalue weighted by Crippen LogP contribution is 2.20. The van der Waals surface area contributed by atoms with Crippen LogP contribution in [0.2, 0.25) is 0 Å². The predicted octanol–water partition coefficient (Wildman–Crippen LogP) is 4.39. The van der Waals surface area contributed by atoms with Crippen LogP contribution >= 0.6 is 11.3 Å². The Morgan fingerprint density at radius 3 is 2.43 bits per heavy atom. The van der Waals surface area contributed by atoms with Crippen LogP contribution in [0, 0.1) is 6.92 Å². The van der Waals surface area contributed by atoms with Gasteiger partial charge in [0.15, 0.2) is 0 Å². The Hall–Kier alpha value is -3.16. The van der Waals surface area contributed by atoms with E-state index in [0.29, 0.717) is 29.2 Å². The number of nitrogens with zero attached hydrogens (tertiary/aromatic N) is 1. The molecule has 0 saturated heterocycles. The zero-order chi connectivity index (χ0) is 21.5. The molecule has 0 fully saturated rings. The molecule has 3 aromatic rings. The molecule has 3 rings (SSSR count). The quantitative estimate of drug-likeness (QED) is 0.564. The van der Waals surface area contributed by atoms with Crippen LogP contribution in [0.4, 0.5) is 11.4 Å². The molecule has 1 heterocycles. The van der Waals surface area contributed by atoms with Crippen LogP contribution in [0.25, 0.3) is 0 Å². The van der Waals surface area contributed by atoms with Crippen molar-refractivity contribution in [2.75, 3.05) is 31.3 Å². The topological polar surface area (TPSA) is 70.7 Å². The van der Waals surface area contributed by atoms with Crippen molar-refractivity contribution in [1.82, 2.24) is 4.90 Å². The molecular weight excluding hydrogens is 398 g/mol. The zero-order valence-corrected chi connectivity index (χ0v) is 18.1. The van der Waals surface area contributed by atoms with Crippen LogP contribution in [-0.4, -0.2) is 37.4 Å². The van der Waals surface area contributed by atoms with Gasteiger partial charge in [0.25, 0.3) is 5.91 Å². The molecule has 0 bridgehead atoms. The molecule has 0 spiro atoms. The van der Waals surface area contributed by atoms with Gasteiger partial charge in [0.05, 0.1) is 24.9 Å². The molecule has 2 N–H and O–H groups in total. The second-order valence-electron chi connectivity index (χ2n) is 6.98. The predicted molar refractivity (Wildman–Crippen MR) is 121 cm³/mol. The van der Waals surface area contributed by atoms with Crippen molar-refractivity contribution in [2.24, 2.45) is 0 Å². The van der Waals surface area contributed by atoms with Crippen molar-refractivity contribution >= 4 is 34.5 Å². The fourth-order valence-corrected chi connectivity index (χ4v) is 3.95. The number of methoxy groups -OCH3 is 1. The molecule has 0 atom stereocenters. The number of para-hydroxylation sites is 1. The number of thiophene rings is 1. The first-order chi connectivity index (χ1) is 14.5. The van der Waals surface area contributed by atoms with E-state index in [1.807, 2.05) is 11.9 Å². The Kier molecular flexibility index (Phi) is 7.21. The second-order valence-corrected chi connectivity index (χ2v) is 7.98. The van der Waals surface area contributed by atoms with Crippen molar-refractivity contribution in [3.05, 3.63) is 76.0 Å². The lowest BCUT2D eigenvalue weighted by Gasteiger charge is -2.17. The largest absolute Gasteiger partial charge is 0.497 e. The number of anilines is 2. The van der Waals surface area contributed by atoms with Gasteiger partial charge in [-0.3, -0.25) is 14.5 Å². The average molecular weight is 424 g/mol. The Labute approximate surface area is 180 Å². The Morgan fingerprint density at radius 1 is 1.03 bits per heavy atom. The smallest absolute Gasteiger partial charge is 0.257 e. The van der Waals surface area contributed by atoms with E-state index in [9.17, 15) is 9.59 Å². The molecule has 0 saturated carbocycles. The summed E-state index contributed by atoms with van der Waals surface area (Å²) in [6.07, 6.45) is 0.